The van der Waals surface area contributed by atoms with E-state index >= 15 is 0 Å². The fourth-order valence-electron chi connectivity index (χ4n) is 4.10. The van der Waals surface area contributed by atoms with Crippen LogP contribution in [0, 0.1) is 0 Å². The minimum Gasteiger partial charge on any atom is -0.390 e. The predicted octanol–water partition coefficient (Wildman–Crippen LogP) is 3.36. The van der Waals surface area contributed by atoms with Crippen LogP contribution >= 0.6 is 0 Å². The van der Waals surface area contributed by atoms with Gasteiger partial charge in [-0.05, 0) is 24.8 Å². The minimum absolute atomic E-state index is 0.360. The lowest BCUT2D eigenvalue weighted by atomic mass is 9.78. The van der Waals surface area contributed by atoms with E-state index in [0.29, 0.717) is 12.1 Å². The number of hydrogen-bond acceptors (Lipinski definition) is 3. The summed E-state index contributed by atoms with van der Waals surface area (Å²) >= 11 is 0. The highest BCUT2D eigenvalue weighted by molar-refractivity contribution is 5.15. The van der Waals surface area contributed by atoms with E-state index in [2.05, 4.69) is 42.2 Å². The topological polar surface area (TPSA) is 32.7 Å². The highest BCUT2D eigenvalue weighted by atomic mass is 16.5. The number of hydrogen-bond donors (Lipinski definition) is 1. The molecule has 1 N–H and O–H groups in total. The van der Waals surface area contributed by atoms with Gasteiger partial charge in [-0.15, -0.1) is 0 Å². The molecular formula is C19H29NO2. The number of morpholine rings is 1. The maximum atomic E-state index is 11.0. The molecule has 2 saturated heterocycles. The van der Waals surface area contributed by atoms with Crippen molar-refractivity contribution in [3.05, 3.63) is 35.9 Å². The second kappa shape index (κ2) is 7.12. The second-order valence-electron chi connectivity index (χ2n) is 7.09. The van der Waals surface area contributed by atoms with Crippen molar-refractivity contribution >= 4 is 0 Å². The summed E-state index contributed by atoms with van der Waals surface area (Å²) in [4.78, 5) is 2.56. The van der Waals surface area contributed by atoms with Gasteiger partial charge in [0.15, 0.2) is 0 Å². The molecule has 3 rings (SSSR count). The van der Waals surface area contributed by atoms with Crippen LogP contribution in [-0.2, 0) is 11.3 Å². The van der Waals surface area contributed by atoms with Gasteiger partial charge in [-0.1, -0.05) is 56.5 Å². The van der Waals surface area contributed by atoms with Gasteiger partial charge < -0.3 is 9.84 Å². The molecule has 1 aromatic carbocycles. The van der Waals surface area contributed by atoms with Crippen LogP contribution in [0.2, 0.25) is 0 Å². The van der Waals surface area contributed by atoms with E-state index in [4.69, 9.17) is 4.74 Å². The number of aliphatic hydroxyl groups is 1. The maximum Gasteiger partial charge on any atom is 0.0679 e. The summed E-state index contributed by atoms with van der Waals surface area (Å²) in [5, 5.41) is 11.0. The molecule has 1 aromatic rings. The lowest BCUT2D eigenvalue weighted by Gasteiger charge is -2.52. The number of rotatable bonds is 6. The Labute approximate surface area is 134 Å². The average Bonchev–Trinajstić information content (AvgIpc) is 2.50. The van der Waals surface area contributed by atoms with E-state index in [9.17, 15) is 5.11 Å². The number of ether oxygens (including phenoxy) is 1. The fraction of sp³-hybridized carbons (Fsp3) is 0.684. The summed E-state index contributed by atoms with van der Waals surface area (Å²) < 4.78 is 5.77. The minimum atomic E-state index is -0.471. The normalized spacial score (nSPS) is 32.1. The highest BCUT2D eigenvalue weighted by Gasteiger charge is 2.45. The van der Waals surface area contributed by atoms with Gasteiger partial charge in [0.2, 0.25) is 0 Å². The van der Waals surface area contributed by atoms with Crippen molar-refractivity contribution in [3.8, 4) is 0 Å². The summed E-state index contributed by atoms with van der Waals surface area (Å²) in [6.45, 7) is 4.72. The zero-order valence-corrected chi connectivity index (χ0v) is 13.7. The molecule has 2 fully saturated rings. The van der Waals surface area contributed by atoms with E-state index in [1.165, 1.54) is 18.4 Å². The van der Waals surface area contributed by atoms with Crippen molar-refractivity contribution in [2.45, 2.75) is 69.7 Å². The summed E-state index contributed by atoms with van der Waals surface area (Å²) in [7, 11) is 0. The van der Waals surface area contributed by atoms with Gasteiger partial charge in [-0.2, -0.15) is 0 Å². The molecule has 122 valence electrons. The van der Waals surface area contributed by atoms with Crippen molar-refractivity contribution in [1.29, 1.82) is 0 Å². The smallest absolute Gasteiger partial charge is 0.0679 e. The van der Waals surface area contributed by atoms with Crippen molar-refractivity contribution < 1.29 is 9.84 Å². The molecule has 2 unspecified atom stereocenters. The first-order valence-corrected chi connectivity index (χ1v) is 8.80. The van der Waals surface area contributed by atoms with Gasteiger partial charge in [-0.3, -0.25) is 4.90 Å². The fourth-order valence-corrected chi connectivity index (χ4v) is 4.10. The number of fused-ring (bicyclic) bond motifs is 2. The van der Waals surface area contributed by atoms with E-state index in [1.54, 1.807) is 0 Å². The van der Waals surface area contributed by atoms with Gasteiger partial charge in [0.1, 0.15) is 0 Å². The van der Waals surface area contributed by atoms with Crippen LogP contribution in [0.5, 0.6) is 0 Å². The van der Waals surface area contributed by atoms with Crippen LogP contribution in [0.15, 0.2) is 30.3 Å². The molecule has 2 aliphatic rings. The summed E-state index contributed by atoms with van der Waals surface area (Å²) in [6, 6.07) is 11.4. The first-order valence-electron chi connectivity index (χ1n) is 8.80. The molecule has 2 aliphatic heterocycles. The van der Waals surface area contributed by atoms with Crippen LogP contribution in [-0.4, -0.2) is 40.9 Å². The van der Waals surface area contributed by atoms with E-state index < -0.39 is 5.60 Å². The van der Waals surface area contributed by atoms with Crippen LogP contribution in [0.25, 0.3) is 0 Å². The average molecular weight is 303 g/mol. The second-order valence-corrected chi connectivity index (χ2v) is 7.09. The monoisotopic (exact) mass is 303 g/mol. The molecule has 0 aliphatic carbocycles. The predicted molar refractivity (Wildman–Crippen MR) is 88.7 cm³/mol. The first-order chi connectivity index (χ1) is 10.7. The van der Waals surface area contributed by atoms with E-state index in [0.717, 1.165) is 45.4 Å². The SMILES string of the molecule is CCCCCC1(O)CC2COCC(C1)N2Cc1ccccc1. The molecule has 0 amide bonds. The molecule has 3 nitrogen and oxygen atoms in total. The molecule has 0 spiro atoms. The lowest BCUT2D eigenvalue weighted by molar-refractivity contribution is -0.148. The van der Waals surface area contributed by atoms with Crippen molar-refractivity contribution in [2.75, 3.05) is 13.2 Å². The Morgan fingerprint density at radius 3 is 2.45 bits per heavy atom. The third-order valence-corrected chi connectivity index (χ3v) is 5.24. The Bertz CT molecular complexity index is 448. The van der Waals surface area contributed by atoms with Crippen LogP contribution in [0.4, 0.5) is 0 Å². The molecular weight excluding hydrogens is 274 g/mol. The highest BCUT2D eigenvalue weighted by Crippen LogP contribution is 2.38. The van der Waals surface area contributed by atoms with Crippen molar-refractivity contribution in [2.24, 2.45) is 0 Å². The van der Waals surface area contributed by atoms with Gasteiger partial charge in [0.25, 0.3) is 0 Å². The number of piperidine rings is 1. The molecule has 2 bridgehead atoms. The third kappa shape index (κ3) is 3.70. The van der Waals surface area contributed by atoms with E-state index in [1.807, 2.05) is 0 Å². The van der Waals surface area contributed by atoms with Crippen LogP contribution in [0.1, 0.15) is 51.0 Å². The van der Waals surface area contributed by atoms with Gasteiger partial charge in [-0.25, -0.2) is 0 Å². The Morgan fingerprint density at radius 1 is 1.14 bits per heavy atom. The zero-order chi connectivity index (χ0) is 15.4. The Balaban J connectivity index is 1.65. The number of benzene rings is 1. The number of unbranched alkanes of at least 4 members (excludes halogenated alkanes) is 2. The van der Waals surface area contributed by atoms with Crippen molar-refractivity contribution in [3.63, 3.8) is 0 Å². The van der Waals surface area contributed by atoms with Crippen LogP contribution < -0.4 is 0 Å². The summed E-state index contributed by atoms with van der Waals surface area (Å²) in [5.41, 5.74) is 0.886. The Kier molecular flexibility index (Phi) is 5.17. The molecule has 22 heavy (non-hydrogen) atoms. The Hall–Kier alpha value is -0.900. The largest absolute Gasteiger partial charge is 0.390 e. The van der Waals surface area contributed by atoms with Gasteiger partial charge in [0, 0.05) is 18.6 Å². The maximum absolute atomic E-state index is 11.0. The molecule has 2 heterocycles. The van der Waals surface area contributed by atoms with Crippen LogP contribution in [0.3, 0.4) is 0 Å². The molecule has 3 heteroatoms. The standard InChI is InChI=1S/C19H29NO2/c1-2-3-7-10-19(21)11-17-14-22-15-18(12-19)20(17)13-16-8-5-4-6-9-16/h4-6,8-9,17-18,21H,2-3,7,10-15H2,1H3. The lowest BCUT2D eigenvalue weighted by Crippen LogP contribution is -2.61. The third-order valence-electron chi connectivity index (χ3n) is 5.24. The van der Waals surface area contributed by atoms with Crippen molar-refractivity contribution in [1.82, 2.24) is 4.90 Å². The zero-order valence-electron chi connectivity index (χ0n) is 13.7. The molecule has 0 radical (unpaired) electrons. The summed E-state index contributed by atoms with van der Waals surface area (Å²) in [5.74, 6) is 0. The molecule has 0 saturated carbocycles. The summed E-state index contributed by atoms with van der Waals surface area (Å²) in [6.07, 6.45) is 6.26. The van der Waals surface area contributed by atoms with Gasteiger partial charge in [0.05, 0.1) is 18.8 Å². The Morgan fingerprint density at radius 2 is 1.82 bits per heavy atom. The first kappa shape index (κ1) is 16.0. The van der Waals surface area contributed by atoms with Gasteiger partial charge >= 0.3 is 0 Å². The van der Waals surface area contributed by atoms with E-state index in [-0.39, 0.29) is 0 Å². The molecule has 0 aromatic heterocycles. The number of nitrogens with zero attached hydrogens (tertiary/aromatic N) is 1. The molecule has 2 atom stereocenters. The quantitative estimate of drug-likeness (QED) is 0.818.